The van der Waals surface area contributed by atoms with Crippen molar-refractivity contribution in [2.24, 2.45) is 0 Å². The highest BCUT2D eigenvalue weighted by atomic mass is 16.5. The molecule has 0 saturated heterocycles. The first-order chi connectivity index (χ1) is 13.3. The molecule has 0 amide bonds. The monoisotopic (exact) mass is 378 g/mol. The Bertz CT molecular complexity index is 1000. The molecule has 0 saturated carbocycles. The van der Waals surface area contributed by atoms with Crippen molar-refractivity contribution in [2.45, 2.75) is 20.3 Å². The number of ether oxygens (including phenoxy) is 2. The number of methoxy groups -OCH3 is 2. The average Bonchev–Trinajstić information content (AvgIpc) is 2.67. The van der Waals surface area contributed by atoms with E-state index < -0.39 is 0 Å². The second-order valence-electron chi connectivity index (χ2n) is 6.24. The lowest BCUT2D eigenvalue weighted by Gasteiger charge is -2.17. The van der Waals surface area contributed by atoms with Crippen molar-refractivity contribution in [1.82, 2.24) is 0 Å². The molecule has 2 aromatic rings. The van der Waals surface area contributed by atoms with Gasteiger partial charge in [-0.1, -0.05) is 6.07 Å². The maximum Gasteiger partial charge on any atom is 0.178 e. The largest absolute Gasteiger partial charge is 0.497 e. The number of rotatable bonds is 3. The molecular weight excluding hydrogens is 356 g/mol. The van der Waals surface area contributed by atoms with E-state index in [1.165, 1.54) is 6.92 Å². The number of carbonyl (C=O) groups is 2. The smallest absolute Gasteiger partial charge is 0.178 e. The molecule has 0 heterocycles. The van der Waals surface area contributed by atoms with E-state index in [1.807, 2.05) is 24.3 Å². The number of ketones is 2. The summed E-state index contributed by atoms with van der Waals surface area (Å²) in [5, 5.41) is 8.90. The van der Waals surface area contributed by atoms with Gasteiger partial charge in [0.15, 0.2) is 11.6 Å². The number of nitrogens with zero attached hydrogens (tertiary/aromatic N) is 1. The quantitative estimate of drug-likeness (QED) is 0.647. The summed E-state index contributed by atoms with van der Waals surface area (Å²) in [4.78, 5) is 22.6. The predicted octanol–water partition coefficient (Wildman–Crippen LogP) is 3.60. The van der Waals surface area contributed by atoms with Crippen LogP contribution in [0.3, 0.4) is 0 Å². The molecule has 0 aromatic heterocycles. The summed E-state index contributed by atoms with van der Waals surface area (Å²) in [6.45, 7) is 3.29. The van der Waals surface area contributed by atoms with Crippen LogP contribution in [0.4, 0.5) is 5.69 Å². The third-order valence-corrected chi connectivity index (χ3v) is 4.47. The van der Waals surface area contributed by atoms with E-state index in [4.69, 9.17) is 20.5 Å². The van der Waals surface area contributed by atoms with Gasteiger partial charge in [-0.3, -0.25) is 9.59 Å². The normalized spacial score (nSPS) is 12.3. The minimum atomic E-state index is -0.110. The van der Waals surface area contributed by atoms with Gasteiger partial charge in [-0.05, 0) is 54.8 Å². The number of anilines is 1. The lowest BCUT2D eigenvalue weighted by atomic mass is 9.86. The minimum Gasteiger partial charge on any atom is -0.497 e. The average molecular weight is 378 g/mol. The number of nitrogen functional groups attached to an aromatic ring is 1. The fourth-order valence-electron chi connectivity index (χ4n) is 2.95. The van der Waals surface area contributed by atoms with Crippen molar-refractivity contribution in [3.05, 3.63) is 58.7 Å². The Hall–Kier alpha value is -3.59. The predicted molar refractivity (Wildman–Crippen MR) is 107 cm³/mol. The SMILES string of the molecule is COc1ccc(C(C)=O)c(N)c1.COc1ccc2c(c1)CC(=O)C(C#N)=C2C. The number of hydrogen-bond acceptors (Lipinski definition) is 6. The molecule has 1 aliphatic carbocycles. The lowest BCUT2D eigenvalue weighted by molar-refractivity contribution is -0.114. The van der Waals surface area contributed by atoms with Crippen molar-refractivity contribution < 1.29 is 19.1 Å². The molecule has 0 radical (unpaired) electrons. The van der Waals surface area contributed by atoms with Gasteiger partial charge >= 0.3 is 0 Å². The van der Waals surface area contributed by atoms with Crippen molar-refractivity contribution in [3.8, 4) is 17.6 Å². The third-order valence-electron chi connectivity index (χ3n) is 4.47. The van der Waals surface area contributed by atoms with Gasteiger partial charge in [0.05, 0.1) is 19.8 Å². The molecule has 0 unspecified atom stereocenters. The van der Waals surface area contributed by atoms with Crippen LogP contribution >= 0.6 is 0 Å². The van der Waals surface area contributed by atoms with Gasteiger partial charge in [-0.15, -0.1) is 0 Å². The van der Waals surface area contributed by atoms with E-state index in [9.17, 15) is 9.59 Å². The van der Waals surface area contributed by atoms with E-state index in [0.717, 1.165) is 22.4 Å². The Morgan fingerprint density at radius 3 is 2.25 bits per heavy atom. The maximum atomic E-state index is 11.7. The molecular formula is C22H22N2O4. The van der Waals surface area contributed by atoms with Crippen LogP contribution in [0.5, 0.6) is 11.5 Å². The zero-order valence-electron chi connectivity index (χ0n) is 16.3. The summed E-state index contributed by atoms with van der Waals surface area (Å²) in [7, 11) is 3.15. The summed E-state index contributed by atoms with van der Waals surface area (Å²) < 4.78 is 10.0. The fourth-order valence-corrected chi connectivity index (χ4v) is 2.95. The standard InChI is InChI=1S/C13H11NO2.C9H11NO2/c1-8-11-4-3-10(16-2)5-9(11)6-13(15)12(8)7-14;1-6(11)8-4-3-7(12-2)5-9(8)10/h3-5H,6H2,1-2H3;3-5H,10H2,1-2H3. The zero-order chi connectivity index (χ0) is 20.8. The van der Waals surface area contributed by atoms with E-state index >= 15 is 0 Å². The number of benzene rings is 2. The first-order valence-electron chi connectivity index (χ1n) is 8.58. The van der Waals surface area contributed by atoms with Crippen molar-refractivity contribution in [3.63, 3.8) is 0 Å². The molecule has 1 aliphatic rings. The van der Waals surface area contributed by atoms with Gasteiger partial charge in [-0.2, -0.15) is 5.26 Å². The van der Waals surface area contributed by atoms with Crippen LogP contribution in [0.15, 0.2) is 42.0 Å². The molecule has 0 bridgehead atoms. The highest BCUT2D eigenvalue weighted by molar-refractivity contribution is 6.09. The Labute approximate surface area is 164 Å². The number of nitrogens with two attached hydrogens (primary N) is 1. The van der Waals surface area contributed by atoms with Gasteiger partial charge in [-0.25, -0.2) is 0 Å². The summed E-state index contributed by atoms with van der Waals surface area (Å²) in [5.41, 5.74) is 9.53. The van der Waals surface area contributed by atoms with Crippen LogP contribution in [0.2, 0.25) is 0 Å². The Morgan fingerprint density at radius 1 is 1.11 bits per heavy atom. The number of nitriles is 1. The van der Waals surface area contributed by atoms with Crippen LogP contribution < -0.4 is 15.2 Å². The Morgan fingerprint density at radius 2 is 1.71 bits per heavy atom. The van der Waals surface area contributed by atoms with Gasteiger partial charge in [0.2, 0.25) is 0 Å². The van der Waals surface area contributed by atoms with Crippen LogP contribution in [0.25, 0.3) is 5.57 Å². The first kappa shape index (κ1) is 20.7. The molecule has 6 nitrogen and oxygen atoms in total. The van der Waals surface area contributed by atoms with Gasteiger partial charge in [0, 0.05) is 23.7 Å². The molecule has 0 spiro atoms. The van der Waals surface area contributed by atoms with Gasteiger partial charge in [0.1, 0.15) is 17.6 Å². The summed E-state index contributed by atoms with van der Waals surface area (Å²) in [6, 6.07) is 12.6. The number of fused-ring (bicyclic) bond motifs is 1. The topological polar surface area (TPSA) is 102 Å². The van der Waals surface area contributed by atoms with Crippen molar-refractivity contribution in [2.75, 3.05) is 20.0 Å². The molecule has 28 heavy (non-hydrogen) atoms. The van der Waals surface area contributed by atoms with E-state index in [0.29, 0.717) is 17.0 Å². The summed E-state index contributed by atoms with van der Waals surface area (Å²) >= 11 is 0. The van der Waals surface area contributed by atoms with Crippen LogP contribution in [0.1, 0.15) is 35.3 Å². The highest BCUT2D eigenvalue weighted by Gasteiger charge is 2.23. The van der Waals surface area contributed by atoms with E-state index in [-0.39, 0.29) is 23.6 Å². The molecule has 2 aromatic carbocycles. The number of Topliss-reactive ketones (excluding diaryl/α,β-unsaturated/α-hetero) is 2. The highest BCUT2D eigenvalue weighted by Crippen LogP contribution is 2.31. The molecule has 0 aliphatic heterocycles. The van der Waals surface area contributed by atoms with E-state index in [1.54, 1.807) is 39.3 Å². The lowest BCUT2D eigenvalue weighted by Crippen LogP contribution is -2.14. The summed E-state index contributed by atoms with van der Waals surface area (Å²) in [5.74, 6) is 1.26. The molecule has 0 fully saturated rings. The zero-order valence-corrected chi connectivity index (χ0v) is 16.3. The molecule has 3 rings (SSSR count). The third kappa shape index (κ3) is 4.38. The molecule has 2 N–H and O–H groups in total. The Kier molecular flexibility index (Phi) is 6.56. The fraction of sp³-hybridized carbons (Fsp3) is 0.227. The van der Waals surface area contributed by atoms with Crippen LogP contribution in [0, 0.1) is 11.3 Å². The first-order valence-corrected chi connectivity index (χ1v) is 8.58. The maximum absolute atomic E-state index is 11.7. The minimum absolute atomic E-state index is 0.0323. The number of carbonyl (C=O) groups excluding carboxylic acids is 2. The number of allylic oxidation sites excluding steroid dienone is 2. The van der Waals surface area contributed by atoms with E-state index in [2.05, 4.69) is 0 Å². The second kappa shape index (κ2) is 8.87. The van der Waals surface area contributed by atoms with Crippen LogP contribution in [-0.4, -0.2) is 25.8 Å². The van der Waals surface area contributed by atoms with Crippen molar-refractivity contribution in [1.29, 1.82) is 5.26 Å². The number of hydrogen-bond donors (Lipinski definition) is 1. The van der Waals surface area contributed by atoms with Crippen molar-refractivity contribution >= 4 is 22.8 Å². The van der Waals surface area contributed by atoms with Gasteiger partial charge in [0.25, 0.3) is 0 Å². The van der Waals surface area contributed by atoms with Crippen LogP contribution in [-0.2, 0) is 11.2 Å². The molecule has 144 valence electrons. The second-order valence-corrected chi connectivity index (χ2v) is 6.24. The molecule has 0 atom stereocenters. The van der Waals surface area contributed by atoms with Gasteiger partial charge < -0.3 is 15.2 Å². The Balaban J connectivity index is 0.000000209. The molecule has 6 heteroatoms. The summed E-state index contributed by atoms with van der Waals surface area (Å²) in [6.07, 6.45) is 0.284.